The maximum absolute atomic E-state index is 10.5. The number of hydrogen-bond donors (Lipinski definition) is 2. The first-order valence-corrected chi connectivity index (χ1v) is 5.34. The molecule has 0 aliphatic heterocycles. The van der Waals surface area contributed by atoms with Crippen molar-refractivity contribution in [1.82, 2.24) is 10.3 Å². The fourth-order valence-electron chi connectivity index (χ4n) is 1.06. The molecule has 0 radical (unpaired) electrons. The summed E-state index contributed by atoms with van der Waals surface area (Å²) in [5.74, 6) is -0.814. The molecule has 0 amide bonds. The molecule has 0 saturated carbocycles. The predicted molar refractivity (Wildman–Crippen MR) is 55.7 cm³/mol. The van der Waals surface area contributed by atoms with Gasteiger partial charge in [0.1, 0.15) is 6.04 Å². The quantitative estimate of drug-likeness (QED) is 0.769. The van der Waals surface area contributed by atoms with Crippen LogP contribution in [0.2, 0.25) is 0 Å². The number of aromatic nitrogens is 1. The Bertz CT molecular complexity index is 312. The summed E-state index contributed by atoms with van der Waals surface area (Å²) in [5.41, 5.74) is 2.85. The third-order valence-corrected chi connectivity index (χ3v) is 3.01. The molecule has 2 N–H and O–H groups in total. The van der Waals surface area contributed by atoms with Gasteiger partial charge in [-0.15, -0.1) is 11.3 Å². The topological polar surface area (TPSA) is 62.2 Å². The molecule has 1 aromatic rings. The van der Waals surface area contributed by atoms with Crippen LogP contribution in [0.3, 0.4) is 0 Å². The van der Waals surface area contributed by atoms with Crippen LogP contribution in [0.25, 0.3) is 0 Å². The molecule has 1 rings (SSSR count). The fraction of sp³-hybridized carbons (Fsp3) is 0.556. The third-order valence-electron chi connectivity index (χ3n) is 2.02. The average molecular weight is 214 g/mol. The smallest absolute Gasteiger partial charge is 0.320 e. The molecule has 1 unspecified atom stereocenters. The lowest BCUT2D eigenvalue weighted by atomic mass is 10.3. The summed E-state index contributed by atoms with van der Waals surface area (Å²) < 4.78 is 0. The van der Waals surface area contributed by atoms with E-state index < -0.39 is 12.0 Å². The monoisotopic (exact) mass is 214 g/mol. The molecule has 0 aromatic carbocycles. The Balaban J connectivity index is 2.29. The van der Waals surface area contributed by atoms with Crippen LogP contribution in [0, 0.1) is 6.92 Å². The van der Waals surface area contributed by atoms with Crippen LogP contribution in [-0.4, -0.2) is 28.6 Å². The van der Waals surface area contributed by atoms with Gasteiger partial charge in [0.25, 0.3) is 0 Å². The van der Waals surface area contributed by atoms with Crippen molar-refractivity contribution < 1.29 is 9.90 Å². The van der Waals surface area contributed by atoms with Crippen molar-refractivity contribution in [2.24, 2.45) is 0 Å². The molecule has 0 spiro atoms. The minimum atomic E-state index is -0.814. The van der Waals surface area contributed by atoms with Crippen molar-refractivity contribution in [1.29, 1.82) is 0 Å². The molecule has 0 aliphatic rings. The summed E-state index contributed by atoms with van der Waals surface area (Å²) in [7, 11) is 0. The van der Waals surface area contributed by atoms with Crippen molar-refractivity contribution in [3.63, 3.8) is 0 Å². The van der Waals surface area contributed by atoms with Gasteiger partial charge in [0, 0.05) is 11.4 Å². The van der Waals surface area contributed by atoms with E-state index in [0.717, 1.165) is 12.1 Å². The molecule has 1 atom stereocenters. The molecule has 0 fully saturated rings. The second kappa shape index (κ2) is 5.07. The van der Waals surface area contributed by atoms with Crippen LogP contribution in [0.4, 0.5) is 0 Å². The summed E-state index contributed by atoms with van der Waals surface area (Å²) >= 11 is 1.61. The van der Waals surface area contributed by atoms with E-state index in [0.29, 0.717) is 6.54 Å². The minimum Gasteiger partial charge on any atom is -0.480 e. The zero-order valence-corrected chi connectivity index (χ0v) is 9.10. The van der Waals surface area contributed by atoms with Gasteiger partial charge in [-0.05, 0) is 20.3 Å². The predicted octanol–water partition coefficient (Wildman–Crippen LogP) is 1.06. The second-order valence-electron chi connectivity index (χ2n) is 3.12. The number of hydrogen-bond acceptors (Lipinski definition) is 4. The first kappa shape index (κ1) is 11.1. The molecule has 1 heterocycles. The molecule has 14 heavy (non-hydrogen) atoms. The molecule has 1 aromatic heterocycles. The van der Waals surface area contributed by atoms with Gasteiger partial charge in [0.2, 0.25) is 0 Å². The van der Waals surface area contributed by atoms with Crippen LogP contribution >= 0.6 is 11.3 Å². The van der Waals surface area contributed by atoms with Crippen molar-refractivity contribution in [2.45, 2.75) is 26.3 Å². The Kier molecular flexibility index (Phi) is 4.03. The Morgan fingerprint density at radius 3 is 3.00 bits per heavy atom. The molecule has 0 aliphatic carbocycles. The Labute approximate surface area is 87.0 Å². The van der Waals surface area contributed by atoms with Crippen molar-refractivity contribution in [2.75, 3.05) is 6.54 Å². The van der Waals surface area contributed by atoms with E-state index in [-0.39, 0.29) is 0 Å². The number of thiazole rings is 1. The van der Waals surface area contributed by atoms with Gasteiger partial charge < -0.3 is 10.4 Å². The first-order chi connectivity index (χ1) is 6.61. The summed E-state index contributed by atoms with van der Waals surface area (Å²) in [6.07, 6.45) is 0.841. The normalized spacial score (nSPS) is 12.7. The number of carboxylic acids is 1. The summed E-state index contributed by atoms with van der Waals surface area (Å²) in [4.78, 5) is 15.8. The van der Waals surface area contributed by atoms with E-state index in [1.807, 2.05) is 12.4 Å². The highest BCUT2D eigenvalue weighted by Crippen LogP contribution is 2.11. The number of aliphatic carboxylic acids is 1. The largest absolute Gasteiger partial charge is 0.480 e. The van der Waals surface area contributed by atoms with E-state index in [4.69, 9.17) is 5.11 Å². The number of carboxylic acid groups (broad SMARTS) is 1. The third kappa shape index (κ3) is 3.08. The number of nitrogens with one attached hydrogen (secondary N) is 1. The Hall–Kier alpha value is -0.940. The van der Waals surface area contributed by atoms with Crippen molar-refractivity contribution in [3.8, 4) is 0 Å². The molecule has 0 bridgehead atoms. The van der Waals surface area contributed by atoms with E-state index in [1.54, 1.807) is 18.3 Å². The van der Waals surface area contributed by atoms with Gasteiger partial charge in [-0.3, -0.25) is 4.79 Å². The number of aryl methyl sites for hydroxylation is 1. The van der Waals surface area contributed by atoms with Crippen LogP contribution in [0.15, 0.2) is 5.51 Å². The van der Waals surface area contributed by atoms with Gasteiger partial charge in [-0.1, -0.05) is 0 Å². The number of rotatable bonds is 5. The van der Waals surface area contributed by atoms with Gasteiger partial charge >= 0.3 is 5.97 Å². The fourth-order valence-corrected chi connectivity index (χ4v) is 1.84. The lowest BCUT2D eigenvalue weighted by Gasteiger charge is -2.07. The lowest BCUT2D eigenvalue weighted by Crippen LogP contribution is -2.34. The maximum Gasteiger partial charge on any atom is 0.320 e. The minimum absolute atomic E-state index is 0.483. The SMILES string of the molecule is Cc1ncsc1CCNC(C)C(=O)O. The second-order valence-corrected chi connectivity index (χ2v) is 4.06. The summed E-state index contributed by atoms with van der Waals surface area (Å²) in [5, 5.41) is 11.5. The van der Waals surface area contributed by atoms with Crippen LogP contribution in [0.1, 0.15) is 17.5 Å². The first-order valence-electron chi connectivity index (χ1n) is 4.46. The van der Waals surface area contributed by atoms with Crippen LogP contribution < -0.4 is 5.32 Å². The number of nitrogens with zero attached hydrogens (tertiary/aromatic N) is 1. The van der Waals surface area contributed by atoms with E-state index in [9.17, 15) is 4.79 Å². The molecular formula is C9H14N2O2S. The van der Waals surface area contributed by atoms with E-state index in [2.05, 4.69) is 10.3 Å². The highest BCUT2D eigenvalue weighted by molar-refractivity contribution is 7.09. The molecule has 5 heteroatoms. The molecule has 4 nitrogen and oxygen atoms in total. The average Bonchev–Trinajstić information content (AvgIpc) is 2.51. The van der Waals surface area contributed by atoms with Gasteiger partial charge in [-0.2, -0.15) is 0 Å². The van der Waals surface area contributed by atoms with Crippen molar-refractivity contribution in [3.05, 3.63) is 16.1 Å². The highest BCUT2D eigenvalue weighted by Gasteiger charge is 2.09. The van der Waals surface area contributed by atoms with Gasteiger partial charge in [0.05, 0.1) is 11.2 Å². The zero-order valence-electron chi connectivity index (χ0n) is 8.28. The molecule has 0 saturated heterocycles. The maximum atomic E-state index is 10.5. The van der Waals surface area contributed by atoms with Gasteiger partial charge in [-0.25, -0.2) is 4.98 Å². The van der Waals surface area contributed by atoms with E-state index >= 15 is 0 Å². The van der Waals surface area contributed by atoms with Gasteiger partial charge in [0.15, 0.2) is 0 Å². The standard InChI is InChI=1S/C9H14N2O2S/c1-6-8(14-5-11-6)3-4-10-7(2)9(12)13/h5,7,10H,3-4H2,1-2H3,(H,12,13). The summed E-state index contributed by atoms with van der Waals surface area (Å²) in [6, 6.07) is -0.483. The van der Waals surface area contributed by atoms with Crippen molar-refractivity contribution >= 4 is 17.3 Å². The number of carbonyl (C=O) groups is 1. The summed E-state index contributed by atoms with van der Waals surface area (Å²) in [6.45, 7) is 4.28. The zero-order chi connectivity index (χ0) is 10.6. The Morgan fingerprint density at radius 1 is 1.79 bits per heavy atom. The van der Waals surface area contributed by atoms with E-state index in [1.165, 1.54) is 4.88 Å². The Morgan fingerprint density at radius 2 is 2.50 bits per heavy atom. The lowest BCUT2D eigenvalue weighted by molar-refractivity contribution is -0.138. The molecule has 78 valence electrons. The highest BCUT2D eigenvalue weighted by atomic mass is 32.1. The van der Waals surface area contributed by atoms with Crippen LogP contribution in [0.5, 0.6) is 0 Å². The van der Waals surface area contributed by atoms with Crippen LogP contribution in [-0.2, 0) is 11.2 Å². The molecular weight excluding hydrogens is 200 g/mol.